The number of likely N-dealkylation sites (N-methyl/N-ethyl adjacent to an activating group) is 1. The second kappa shape index (κ2) is 15.1. The standard InChI is InChI=1S/C22H42N8O5/c1-4-26-20(34)17-8-6-10-30(17)21(35)15(7-5-9-27-22(24)25)28-19(33)16(11-13(2)3)29-18(32)14(23)12-31/h13-17,31H,4-12,23H2,1-3H3,(H,26,34)(H,28,33)(H,29,32)(H4,24,25,27)/t14-,15+,16+,17+/m1/s1. The van der Waals surface area contributed by atoms with Gasteiger partial charge in [-0.3, -0.25) is 24.2 Å². The van der Waals surface area contributed by atoms with Crippen molar-refractivity contribution in [2.45, 2.75) is 77.0 Å². The third kappa shape index (κ3) is 10.1. The zero-order valence-corrected chi connectivity index (χ0v) is 21.0. The molecule has 1 saturated heterocycles. The highest BCUT2D eigenvalue weighted by Crippen LogP contribution is 2.20. The summed E-state index contributed by atoms with van der Waals surface area (Å²) in [5.41, 5.74) is 16.3. The van der Waals surface area contributed by atoms with Crippen LogP contribution in [0.4, 0.5) is 0 Å². The number of nitrogens with one attached hydrogen (secondary N) is 3. The number of nitrogens with zero attached hydrogens (tertiary/aromatic N) is 2. The number of guanidine groups is 1. The van der Waals surface area contributed by atoms with Gasteiger partial charge in [0.2, 0.25) is 23.6 Å². The molecule has 1 aliphatic heterocycles. The molecule has 1 rings (SSSR count). The van der Waals surface area contributed by atoms with Gasteiger partial charge in [-0.15, -0.1) is 0 Å². The highest BCUT2D eigenvalue weighted by molar-refractivity contribution is 5.95. The van der Waals surface area contributed by atoms with Crippen LogP contribution in [0.5, 0.6) is 0 Å². The van der Waals surface area contributed by atoms with E-state index in [1.165, 1.54) is 4.90 Å². The first-order chi connectivity index (χ1) is 16.5. The quantitative estimate of drug-likeness (QED) is 0.0769. The van der Waals surface area contributed by atoms with Crippen LogP contribution in [0.25, 0.3) is 0 Å². The molecule has 0 aromatic carbocycles. The Labute approximate surface area is 206 Å². The van der Waals surface area contributed by atoms with Gasteiger partial charge in [-0.2, -0.15) is 0 Å². The van der Waals surface area contributed by atoms with Gasteiger partial charge in [0.25, 0.3) is 0 Å². The number of likely N-dealkylation sites (tertiary alicyclic amines) is 1. The first-order valence-corrected chi connectivity index (χ1v) is 12.1. The van der Waals surface area contributed by atoms with Crippen LogP contribution in [-0.4, -0.2) is 90.0 Å². The van der Waals surface area contributed by atoms with E-state index in [0.717, 1.165) is 0 Å². The molecule has 0 aliphatic carbocycles. The van der Waals surface area contributed by atoms with Gasteiger partial charge in [-0.1, -0.05) is 13.8 Å². The summed E-state index contributed by atoms with van der Waals surface area (Å²) in [5, 5.41) is 17.2. The number of rotatable bonds is 14. The maximum Gasteiger partial charge on any atom is 0.245 e. The molecule has 13 nitrogen and oxygen atoms in total. The summed E-state index contributed by atoms with van der Waals surface area (Å²) >= 11 is 0. The second-order valence-corrected chi connectivity index (χ2v) is 9.07. The van der Waals surface area contributed by atoms with Crippen LogP contribution in [0.15, 0.2) is 4.99 Å². The lowest BCUT2D eigenvalue weighted by molar-refractivity contribution is -0.142. The Balaban J connectivity index is 3.06. The van der Waals surface area contributed by atoms with Gasteiger partial charge in [-0.05, 0) is 44.9 Å². The van der Waals surface area contributed by atoms with E-state index in [-0.39, 0.29) is 36.7 Å². The van der Waals surface area contributed by atoms with Crippen molar-refractivity contribution in [1.82, 2.24) is 20.9 Å². The topological polar surface area (TPSA) is 218 Å². The molecule has 1 heterocycles. The predicted octanol–water partition coefficient (Wildman–Crippen LogP) is -2.50. The maximum atomic E-state index is 13.5. The van der Waals surface area contributed by atoms with Gasteiger partial charge in [0, 0.05) is 19.6 Å². The van der Waals surface area contributed by atoms with Crippen LogP contribution in [0.1, 0.15) is 52.9 Å². The van der Waals surface area contributed by atoms with Crippen molar-refractivity contribution >= 4 is 29.6 Å². The summed E-state index contributed by atoms with van der Waals surface area (Å²) < 4.78 is 0. The van der Waals surface area contributed by atoms with Crippen LogP contribution in [0.2, 0.25) is 0 Å². The average molecular weight is 499 g/mol. The Kier molecular flexibility index (Phi) is 13.0. The fourth-order valence-electron chi connectivity index (χ4n) is 3.89. The Bertz CT molecular complexity index is 756. The van der Waals surface area contributed by atoms with Crippen molar-refractivity contribution < 1.29 is 24.3 Å². The van der Waals surface area contributed by atoms with Gasteiger partial charge >= 0.3 is 0 Å². The SMILES string of the molecule is CCNC(=O)[C@@H]1CCCN1C(=O)[C@H](CCCN=C(N)N)NC(=O)[C@H](CC(C)C)NC(=O)[C@H](N)CO. The van der Waals surface area contributed by atoms with Crippen molar-refractivity contribution in [2.75, 3.05) is 26.2 Å². The largest absolute Gasteiger partial charge is 0.394 e. The van der Waals surface area contributed by atoms with E-state index in [1.807, 2.05) is 13.8 Å². The molecule has 4 atom stereocenters. The normalized spacial score (nSPS) is 17.9. The van der Waals surface area contributed by atoms with Gasteiger partial charge in [0.1, 0.15) is 24.2 Å². The Morgan fingerprint density at radius 1 is 1.11 bits per heavy atom. The first kappa shape index (κ1) is 30.1. The van der Waals surface area contributed by atoms with E-state index >= 15 is 0 Å². The van der Waals surface area contributed by atoms with Gasteiger partial charge in [-0.25, -0.2) is 0 Å². The Morgan fingerprint density at radius 2 is 1.77 bits per heavy atom. The van der Waals surface area contributed by atoms with Crippen molar-refractivity contribution in [3.05, 3.63) is 0 Å². The van der Waals surface area contributed by atoms with Crippen LogP contribution in [0.3, 0.4) is 0 Å². The van der Waals surface area contributed by atoms with Crippen LogP contribution < -0.4 is 33.2 Å². The molecule has 0 aromatic rings. The lowest BCUT2D eigenvalue weighted by atomic mass is 10.0. The van der Waals surface area contributed by atoms with Crippen molar-refractivity contribution in [3.63, 3.8) is 0 Å². The molecule has 1 fully saturated rings. The van der Waals surface area contributed by atoms with Gasteiger partial charge in [0.15, 0.2) is 5.96 Å². The van der Waals surface area contributed by atoms with Gasteiger partial charge in [0.05, 0.1) is 6.61 Å². The van der Waals surface area contributed by atoms with Crippen molar-refractivity contribution in [3.8, 4) is 0 Å². The van der Waals surface area contributed by atoms with E-state index in [1.54, 1.807) is 6.92 Å². The lowest BCUT2D eigenvalue weighted by Crippen LogP contribution is -2.58. The highest BCUT2D eigenvalue weighted by atomic mass is 16.3. The fourth-order valence-corrected chi connectivity index (χ4v) is 3.89. The summed E-state index contributed by atoms with van der Waals surface area (Å²) in [4.78, 5) is 56.7. The molecule has 0 aromatic heterocycles. The monoisotopic (exact) mass is 498 g/mol. The number of carbonyl (C=O) groups is 4. The number of hydrogen-bond donors (Lipinski definition) is 7. The molecule has 0 saturated carbocycles. The average Bonchev–Trinajstić information content (AvgIpc) is 3.29. The Hall–Kier alpha value is -2.93. The van der Waals surface area contributed by atoms with Gasteiger partial charge < -0.3 is 43.2 Å². The van der Waals surface area contributed by atoms with E-state index in [2.05, 4.69) is 20.9 Å². The molecule has 0 radical (unpaired) electrons. The highest BCUT2D eigenvalue weighted by Gasteiger charge is 2.38. The molecule has 4 amide bonds. The minimum absolute atomic E-state index is 0.0492. The third-order valence-electron chi connectivity index (χ3n) is 5.62. The molecule has 0 spiro atoms. The smallest absolute Gasteiger partial charge is 0.245 e. The van der Waals surface area contributed by atoms with E-state index in [0.29, 0.717) is 38.8 Å². The fraction of sp³-hybridized carbons (Fsp3) is 0.773. The molecule has 10 N–H and O–H groups in total. The van der Waals surface area contributed by atoms with Crippen LogP contribution >= 0.6 is 0 Å². The predicted molar refractivity (Wildman–Crippen MR) is 132 cm³/mol. The molecule has 1 aliphatic rings. The summed E-state index contributed by atoms with van der Waals surface area (Å²) in [6.45, 7) is 6.12. The molecule has 35 heavy (non-hydrogen) atoms. The third-order valence-corrected chi connectivity index (χ3v) is 5.62. The lowest BCUT2D eigenvalue weighted by Gasteiger charge is -2.30. The molecular formula is C22H42N8O5. The molecule has 200 valence electrons. The first-order valence-electron chi connectivity index (χ1n) is 12.1. The minimum Gasteiger partial charge on any atom is -0.394 e. The van der Waals surface area contributed by atoms with Crippen molar-refractivity contribution in [2.24, 2.45) is 28.1 Å². The molecule has 13 heteroatoms. The summed E-state index contributed by atoms with van der Waals surface area (Å²) in [6.07, 6.45) is 2.16. The number of amides is 4. The van der Waals surface area contributed by atoms with E-state index < -0.39 is 42.6 Å². The van der Waals surface area contributed by atoms with E-state index in [4.69, 9.17) is 22.3 Å². The number of nitrogens with two attached hydrogens (primary N) is 3. The number of aliphatic imine (C=N–C) groups is 1. The molecule has 0 unspecified atom stereocenters. The number of aliphatic hydroxyl groups is 1. The summed E-state index contributed by atoms with van der Waals surface area (Å²) in [7, 11) is 0. The van der Waals surface area contributed by atoms with Crippen molar-refractivity contribution in [1.29, 1.82) is 0 Å². The number of carbonyl (C=O) groups excluding carboxylic acids is 4. The second-order valence-electron chi connectivity index (χ2n) is 9.07. The number of aliphatic hydroxyl groups excluding tert-OH is 1. The van der Waals surface area contributed by atoms with Crippen LogP contribution in [-0.2, 0) is 19.2 Å². The van der Waals surface area contributed by atoms with E-state index in [9.17, 15) is 19.2 Å². The maximum absolute atomic E-state index is 13.5. The summed E-state index contributed by atoms with van der Waals surface area (Å²) in [5.74, 6) is -1.85. The summed E-state index contributed by atoms with van der Waals surface area (Å²) in [6, 6.07) is -3.67. The molecular weight excluding hydrogens is 456 g/mol. The number of hydrogen-bond acceptors (Lipinski definition) is 7. The molecule has 0 bridgehead atoms. The Morgan fingerprint density at radius 3 is 2.34 bits per heavy atom. The zero-order chi connectivity index (χ0) is 26.5. The minimum atomic E-state index is -1.17. The zero-order valence-electron chi connectivity index (χ0n) is 21.0. The van der Waals surface area contributed by atoms with Crippen LogP contribution in [0, 0.1) is 5.92 Å².